The summed E-state index contributed by atoms with van der Waals surface area (Å²) in [5, 5.41) is 9.63. The Bertz CT molecular complexity index is 986. The molecular formula is C19H16ClN5O3. The van der Waals surface area contributed by atoms with Crippen molar-refractivity contribution in [2.24, 2.45) is 0 Å². The number of benzene rings is 2. The van der Waals surface area contributed by atoms with Gasteiger partial charge in [-0.1, -0.05) is 41.9 Å². The Balaban J connectivity index is 1.46. The molecule has 0 atom stereocenters. The molecule has 1 aromatic heterocycles. The van der Waals surface area contributed by atoms with Crippen LogP contribution in [0.2, 0.25) is 5.02 Å². The first kappa shape index (κ1) is 19.1. The van der Waals surface area contributed by atoms with Crippen LogP contribution >= 0.6 is 11.6 Å². The predicted octanol–water partition coefficient (Wildman–Crippen LogP) is 1.92. The van der Waals surface area contributed by atoms with Crippen LogP contribution in [0, 0.1) is 0 Å². The van der Waals surface area contributed by atoms with Gasteiger partial charge in [0.25, 0.3) is 17.7 Å². The lowest BCUT2D eigenvalue weighted by Crippen LogP contribution is -2.46. The van der Waals surface area contributed by atoms with E-state index in [0.29, 0.717) is 16.3 Å². The van der Waals surface area contributed by atoms with Crippen molar-refractivity contribution in [3.8, 4) is 11.3 Å². The fraction of sp³-hybridized carbons (Fsp3) is 0.0526. The van der Waals surface area contributed by atoms with Crippen molar-refractivity contribution < 1.29 is 14.4 Å². The van der Waals surface area contributed by atoms with E-state index in [-0.39, 0.29) is 12.2 Å². The zero-order valence-corrected chi connectivity index (χ0v) is 15.3. The van der Waals surface area contributed by atoms with Gasteiger partial charge in [-0.3, -0.25) is 30.3 Å². The Kier molecular flexibility index (Phi) is 6.03. The first-order chi connectivity index (χ1) is 13.5. The van der Waals surface area contributed by atoms with Gasteiger partial charge in [0.15, 0.2) is 0 Å². The average Bonchev–Trinajstić information content (AvgIpc) is 3.22. The van der Waals surface area contributed by atoms with Gasteiger partial charge in [0.2, 0.25) is 0 Å². The number of halogens is 1. The minimum atomic E-state index is -0.585. The van der Waals surface area contributed by atoms with Crippen LogP contribution in [0.25, 0.3) is 11.3 Å². The molecule has 0 spiro atoms. The van der Waals surface area contributed by atoms with Crippen molar-refractivity contribution in [1.29, 1.82) is 0 Å². The van der Waals surface area contributed by atoms with Gasteiger partial charge >= 0.3 is 0 Å². The zero-order valence-electron chi connectivity index (χ0n) is 14.5. The van der Waals surface area contributed by atoms with E-state index in [0.717, 1.165) is 5.56 Å². The second-order valence-electron chi connectivity index (χ2n) is 5.72. The quantitative estimate of drug-likeness (QED) is 0.492. The van der Waals surface area contributed by atoms with Crippen LogP contribution in [0.1, 0.15) is 20.8 Å². The molecule has 9 heteroatoms. The van der Waals surface area contributed by atoms with Gasteiger partial charge in [-0.15, -0.1) is 0 Å². The second kappa shape index (κ2) is 8.83. The molecule has 0 unspecified atom stereocenters. The third-order valence-electron chi connectivity index (χ3n) is 3.72. The maximum atomic E-state index is 12.1. The van der Waals surface area contributed by atoms with Crippen LogP contribution in [-0.4, -0.2) is 34.5 Å². The molecule has 4 N–H and O–H groups in total. The highest BCUT2D eigenvalue weighted by Crippen LogP contribution is 2.16. The standard InChI is InChI=1S/C19H16ClN5O3/c20-14-8-6-13(7-9-14)18(27)21-11-17(26)24-25-19(28)16-10-15(22-23-16)12-4-2-1-3-5-12/h1-10H,11H2,(H,21,27)(H,22,23)(H,24,26)(H,25,28). The lowest BCUT2D eigenvalue weighted by molar-refractivity contribution is -0.120. The third-order valence-corrected chi connectivity index (χ3v) is 3.98. The summed E-state index contributed by atoms with van der Waals surface area (Å²) in [6, 6.07) is 17.1. The summed E-state index contributed by atoms with van der Waals surface area (Å²) >= 11 is 5.76. The first-order valence-electron chi connectivity index (χ1n) is 8.27. The fourth-order valence-corrected chi connectivity index (χ4v) is 2.42. The molecule has 28 heavy (non-hydrogen) atoms. The molecule has 0 aliphatic heterocycles. The van der Waals surface area contributed by atoms with Gasteiger partial charge in [0.05, 0.1) is 12.2 Å². The Morgan fingerprint density at radius 1 is 0.929 bits per heavy atom. The Hall–Kier alpha value is -3.65. The summed E-state index contributed by atoms with van der Waals surface area (Å²) in [6.45, 7) is -0.306. The van der Waals surface area contributed by atoms with Crippen molar-refractivity contribution in [2.45, 2.75) is 0 Å². The SMILES string of the molecule is O=C(CNC(=O)c1ccc(Cl)cc1)NNC(=O)c1cc(-c2ccccc2)n[nH]1. The van der Waals surface area contributed by atoms with E-state index in [1.54, 1.807) is 30.3 Å². The summed E-state index contributed by atoms with van der Waals surface area (Å²) in [5.41, 5.74) is 6.49. The number of aromatic amines is 1. The van der Waals surface area contributed by atoms with Crippen LogP contribution in [0.4, 0.5) is 0 Å². The van der Waals surface area contributed by atoms with Crippen molar-refractivity contribution >= 4 is 29.3 Å². The minimum Gasteiger partial charge on any atom is -0.343 e. The molecule has 0 saturated carbocycles. The number of hydrazine groups is 1. The van der Waals surface area contributed by atoms with Crippen LogP contribution in [0.5, 0.6) is 0 Å². The van der Waals surface area contributed by atoms with Crippen molar-refractivity contribution in [1.82, 2.24) is 26.4 Å². The van der Waals surface area contributed by atoms with Gasteiger partial charge in [-0.05, 0) is 30.3 Å². The van der Waals surface area contributed by atoms with Gasteiger partial charge < -0.3 is 5.32 Å². The molecular weight excluding hydrogens is 382 g/mol. The number of carbonyl (C=O) groups is 3. The van der Waals surface area contributed by atoms with E-state index in [1.165, 1.54) is 0 Å². The molecule has 0 radical (unpaired) electrons. The summed E-state index contributed by atoms with van der Waals surface area (Å²) in [7, 11) is 0. The molecule has 3 amide bonds. The molecule has 0 fully saturated rings. The Labute approximate surface area is 165 Å². The minimum absolute atomic E-state index is 0.185. The molecule has 142 valence electrons. The topological polar surface area (TPSA) is 116 Å². The highest BCUT2D eigenvalue weighted by molar-refractivity contribution is 6.30. The van der Waals surface area contributed by atoms with Gasteiger partial charge in [-0.2, -0.15) is 5.10 Å². The van der Waals surface area contributed by atoms with Crippen molar-refractivity contribution in [3.05, 3.63) is 76.9 Å². The molecule has 1 heterocycles. The number of hydrogen-bond acceptors (Lipinski definition) is 4. The smallest absolute Gasteiger partial charge is 0.287 e. The number of rotatable bonds is 5. The second-order valence-corrected chi connectivity index (χ2v) is 6.16. The van der Waals surface area contributed by atoms with E-state index in [9.17, 15) is 14.4 Å². The van der Waals surface area contributed by atoms with Crippen LogP contribution < -0.4 is 16.2 Å². The fourth-order valence-electron chi connectivity index (χ4n) is 2.30. The Morgan fingerprint density at radius 2 is 1.64 bits per heavy atom. The largest absolute Gasteiger partial charge is 0.343 e. The van der Waals surface area contributed by atoms with E-state index in [2.05, 4.69) is 26.4 Å². The van der Waals surface area contributed by atoms with Crippen LogP contribution in [-0.2, 0) is 4.79 Å². The van der Waals surface area contributed by atoms with Crippen LogP contribution in [0.3, 0.4) is 0 Å². The summed E-state index contributed by atoms with van der Waals surface area (Å²) in [6.07, 6.45) is 0. The van der Waals surface area contributed by atoms with E-state index in [4.69, 9.17) is 11.6 Å². The molecule has 3 rings (SSSR count). The monoisotopic (exact) mass is 397 g/mol. The van der Waals surface area contributed by atoms with E-state index >= 15 is 0 Å². The highest BCUT2D eigenvalue weighted by atomic mass is 35.5. The van der Waals surface area contributed by atoms with Crippen molar-refractivity contribution in [2.75, 3.05) is 6.54 Å². The maximum Gasteiger partial charge on any atom is 0.287 e. The highest BCUT2D eigenvalue weighted by Gasteiger charge is 2.13. The number of hydrogen-bond donors (Lipinski definition) is 4. The summed E-state index contributed by atoms with van der Waals surface area (Å²) < 4.78 is 0. The number of aromatic nitrogens is 2. The molecule has 0 aliphatic rings. The van der Waals surface area contributed by atoms with Gasteiger partial charge in [0.1, 0.15) is 5.69 Å². The molecule has 0 saturated heterocycles. The molecule has 2 aromatic carbocycles. The number of H-pyrrole nitrogens is 1. The van der Waals surface area contributed by atoms with Crippen molar-refractivity contribution in [3.63, 3.8) is 0 Å². The Morgan fingerprint density at radius 3 is 2.36 bits per heavy atom. The molecule has 0 aliphatic carbocycles. The normalized spacial score (nSPS) is 10.2. The molecule has 8 nitrogen and oxygen atoms in total. The van der Waals surface area contributed by atoms with Gasteiger partial charge in [0, 0.05) is 16.1 Å². The predicted molar refractivity (Wildman–Crippen MR) is 103 cm³/mol. The average molecular weight is 398 g/mol. The number of nitrogens with one attached hydrogen (secondary N) is 4. The van der Waals surface area contributed by atoms with E-state index < -0.39 is 17.7 Å². The maximum absolute atomic E-state index is 12.1. The summed E-state index contributed by atoms with van der Waals surface area (Å²) in [4.78, 5) is 35.8. The van der Waals surface area contributed by atoms with E-state index in [1.807, 2.05) is 30.3 Å². The molecule has 0 bridgehead atoms. The lowest BCUT2D eigenvalue weighted by atomic mass is 10.1. The number of carbonyl (C=O) groups excluding carboxylic acids is 3. The summed E-state index contributed by atoms with van der Waals surface area (Å²) in [5.74, 6) is -1.58. The number of amides is 3. The molecule has 3 aromatic rings. The zero-order chi connectivity index (χ0) is 19.9. The first-order valence-corrected chi connectivity index (χ1v) is 8.64. The van der Waals surface area contributed by atoms with Crippen LogP contribution in [0.15, 0.2) is 60.7 Å². The lowest BCUT2D eigenvalue weighted by Gasteiger charge is -2.07. The third kappa shape index (κ3) is 4.95. The number of nitrogens with zero attached hydrogens (tertiary/aromatic N) is 1. The van der Waals surface area contributed by atoms with Gasteiger partial charge in [-0.25, -0.2) is 0 Å².